The normalized spacial score (nSPS) is 11.4. The van der Waals surface area contributed by atoms with Crippen molar-refractivity contribution in [3.63, 3.8) is 0 Å². The van der Waals surface area contributed by atoms with Gasteiger partial charge in [-0.3, -0.25) is 4.55 Å². The molecule has 3 rings (SSSR count). The molecule has 3 N–H and O–H groups in total. The van der Waals surface area contributed by atoms with E-state index >= 15 is 0 Å². The van der Waals surface area contributed by atoms with Crippen LogP contribution >= 0.6 is 0 Å². The van der Waals surface area contributed by atoms with Gasteiger partial charge in [0.05, 0.1) is 12.0 Å². The lowest BCUT2D eigenvalue weighted by Crippen LogP contribution is -1.99. The molecular weight excluding hydrogens is 330 g/mol. The van der Waals surface area contributed by atoms with Crippen molar-refractivity contribution in [2.24, 2.45) is 0 Å². The van der Waals surface area contributed by atoms with Crippen LogP contribution in [0.1, 0.15) is 0 Å². The second-order valence-corrected chi connectivity index (χ2v) is 6.59. The topological polar surface area (TPSA) is 95.9 Å². The number of fused-ring (bicyclic) bond motifs is 1. The first-order valence-corrected chi connectivity index (χ1v) is 8.47. The number of aromatic hydroxyl groups is 1. The molecule has 124 valence electrons. The number of ether oxygens (including phenoxy) is 1. The monoisotopic (exact) mass is 345 g/mol. The number of benzene rings is 3. The molecule has 0 unspecified atom stereocenters. The molecule has 0 heterocycles. The van der Waals surface area contributed by atoms with Crippen molar-refractivity contribution in [2.45, 2.75) is 4.90 Å². The molecular formula is C17H15NO5S. The maximum Gasteiger partial charge on any atom is 0.294 e. The molecule has 0 saturated carbocycles. The highest BCUT2D eigenvalue weighted by atomic mass is 32.2. The van der Waals surface area contributed by atoms with Crippen LogP contribution in [0.25, 0.3) is 10.8 Å². The predicted octanol–water partition coefficient (Wildman–Crippen LogP) is 3.54. The van der Waals surface area contributed by atoms with E-state index in [1.807, 2.05) is 12.1 Å². The Bertz CT molecular complexity index is 997. The molecule has 3 aromatic carbocycles. The Morgan fingerprint density at radius 1 is 1.00 bits per heavy atom. The third-order valence-electron chi connectivity index (χ3n) is 3.61. The van der Waals surface area contributed by atoms with Gasteiger partial charge < -0.3 is 15.2 Å². The van der Waals surface area contributed by atoms with Gasteiger partial charge in [-0.2, -0.15) is 8.42 Å². The summed E-state index contributed by atoms with van der Waals surface area (Å²) >= 11 is 0. The van der Waals surface area contributed by atoms with E-state index in [2.05, 4.69) is 5.32 Å². The van der Waals surface area contributed by atoms with E-state index in [4.69, 9.17) is 4.74 Å². The Morgan fingerprint density at radius 2 is 1.71 bits per heavy atom. The summed E-state index contributed by atoms with van der Waals surface area (Å²) in [5.41, 5.74) is 1.36. The molecule has 7 heteroatoms. The number of phenolic OH excluding ortho intramolecular Hbond substituents is 1. The molecule has 24 heavy (non-hydrogen) atoms. The minimum atomic E-state index is -4.42. The smallest absolute Gasteiger partial charge is 0.294 e. The fourth-order valence-corrected chi connectivity index (χ4v) is 2.96. The standard InChI is InChI=1S/C17H15NO5S/c1-23-12-7-5-11(6-8-12)18-16-4-2-3-14-15(16)9-13(10-17(14)19)24(20,21)22/h2-10,18-19H,1H3,(H,20,21,22). The zero-order valence-electron chi connectivity index (χ0n) is 12.7. The molecule has 0 saturated heterocycles. The van der Waals surface area contributed by atoms with Gasteiger partial charge in [0.25, 0.3) is 10.1 Å². The summed E-state index contributed by atoms with van der Waals surface area (Å²) in [6, 6.07) is 14.7. The van der Waals surface area contributed by atoms with Crippen molar-refractivity contribution in [2.75, 3.05) is 12.4 Å². The molecule has 0 aromatic heterocycles. The minimum Gasteiger partial charge on any atom is -0.507 e. The lowest BCUT2D eigenvalue weighted by Gasteiger charge is -2.12. The van der Waals surface area contributed by atoms with Crippen LogP contribution in [0, 0.1) is 0 Å². The van der Waals surface area contributed by atoms with Gasteiger partial charge in [0.15, 0.2) is 0 Å². The number of phenols is 1. The van der Waals surface area contributed by atoms with Gasteiger partial charge in [-0.25, -0.2) is 0 Å². The third-order valence-corrected chi connectivity index (χ3v) is 4.45. The van der Waals surface area contributed by atoms with Gasteiger partial charge in [0.2, 0.25) is 0 Å². The van der Waals surface area contributed by atoms with Crippen LogP contribution in [0.5, 0.6) is 11.5 Å². The van der Waals surface area contributed by atoms with E-state index in [9.17, 15) is 18.1 Å². The van der Waals surface area contributed by atoms with E-state index < -0.39 is 10.1 Å². The van der Waals surface area contributed by atoms with Gasteiger partial charge in [0, 0.05) is 28.2 Å². The van der Waals surface area contributed by atoms with E-state index in [0.29, 0.717) is 22.2 Å². The van der Waals surface area contributed by atoms with Crippen LogP contribution in [-0.4, -0.2) is 25.2 Å². The van der Waals surface area contributed by atoms with Crippen molar-refractivity contribution in [3.05, 3.63) is 54.6 Å². The fourth-order valence-electron chi connectivity index (χ4n) is 2.43. The molecule has 3 aromatic rings. The van der Waals surface area contributed by atoms with Gasteiger partial charge in [-0.15, -0.1) is 0 Å². The van der Waals surface area contributed by atoms with Gasteiger partial charge >= 0.3 is 0 Å². The summed E-state index contributed by atoms with van der Waals surface area (Å²) in [5.74, 6) is 0.489. The minimum absolute atomic E-state index is 0.224. The first kappa shape index (κ1) is 16.1. The number of hydrogen-bond acceptors (Lipinski definition) is 5. The van der Waals surface area contributed by atoms with E-state index in [0.717, 1.165) is 11.8 Å². The van der Waals surface area contributed by atoms with E-state index in [-0.39, 0.29) is 10.6 Å². The lowest BCUT2D eigenvalue weighted by atomic mass is 10.1. The van der Waals surface area contributed by atoms with Gasteiger partial charge in [-0.1, -0.05) is 12.1 Å². The fraction of sp³-hybridized carbons (Fsp3) is 0.0588. The summed E-state index contributed by atoms with van der Waals surface area (Å²) in [6.07, 6.45) is 0. The van der Waals surface area contributed by atoms with Crippen molar-refractivity contribution in [1.29, 1.82) is 0 Å². The highest BCUT2D eigenvalue weighted by Crippen LogP contribution is 2.34. The summed E-state index contributed by atoms with van der Waals surface area (Å²) < 4.78 is 37.1. The number of methoxy groups -OCH3 is 1. The molecule has 0 bridgehead atoms. The molecule has 0 amide bonds. The number of rotatable bonds is 4. The number of hydrogen-bond donors (Lipinski definition) is 3. The molecule has 0 aliphatic rings. The van der Waals surface area contributed by atoms with Crippen LogP contribution in [0.2, 0.25) is 0 Å². The van der Waals surface area contributed by atoms with E-state index in [1.54, 1.807) is 37.4 Å². The highest BCUT2D eigenvalue weighted by Gasteiger charge is 2.15. The van der Waals surface area contributed by atoms with E-state index in [1.165, 1.54) is 6.07 Å². The largest absolute Gasteiger partial charge is 0.507 e. The molecule has 0 aliphatic carbocycles. The predicted molar refractivity (Wildman–Crippen MR) is 91.7 cm³/mol. The van der Waals surface area contributed by atoms with Gasteiger partial charge in [0.1, 0.15) is 11.5 Å². The average Bonchev–Trinajstić information content (AvgIpc) is 2.55. The lowest BCUT2D eigenvalue weighted by molar-refractivity contribution is 0.415. The van der Waals surface area contributed by atoms with Crippen LogP contribution < -0.4 is 10.1 Å². The van der Waals surface area contributed by atoms with Crippen LogP contribution in [0.3, 0.4) is 0 Å². The van der Waals surface area contributed by atoms with Gasteiger partial charge in [-0.05, 0) is 36.4 Å². The third kappa shape index (κ3) is 3.12. The summed E-state index contributed by atoms with van der Waals surface area (Å²) in [4.78, 5) is -0.364. The number of nitrogens with one attached hydrogen (secondary N) is 1. The Morgan fingerprint density at radius 3 is 2.33 bits per heavy atom. The molecule has 0 fully saturated rings. The quantitative estimate of drug-likeness (QED) is 0.626. The molecule has 0 spiro atoms. The molecule has 0 atom stereocenters. The second-order valence-electron chi connectivity index (χ2n) is 5.17. The Hall–Kier alpha value is -2.77. The Labute approximate surface area is 139 Å². The SMILES string of the molecule is COc1ccc(Nc2cccc3c(O)cc(S(=O)(=O)O)cc23)cc1. The van der Waals surface area contributed by atoms with Crippen molar-refractivity contribution >= 4 is 32.3 Å². The Balaban J connectivity index is 2.11. The average molecular weight is 345 g/mol. The second kappa shape index (κ2) is 6.03. The molecule has 0 aliphatic heterocycles. The van der Waals surface area contributed by atoms with Crippen LogP contribution in [0.15, 0.2) is 59.5 Å². The van der Waals surface area contributed by atoms with Crippen molar-refractivity contribution < 1.29 is 22.8 Å². The first-order chi connectivity index (χ1) is 11.4. The summed E-state index contributed by atoms with van der Waals surface area (Å²) in [7, 11) is -2.84. The summed E-state index contributed by atoms with van der Waals surface area (Å²) in [6.45, 7) is 0. The first-order valence-electron chi connectivity index (χ1n) is 7.03. The van der Waals surface area contributed by atoms with Crippen molar-refractivity contribution in [1.82, 2.24) is 0 Å². The molecule has 0 radical (unpaired) electrons. The highest BCUT2D eigenvalue weighted by molar-refractivity contribution is 7.85. The maximum atomic E-state index is 11.4. The number of anilines is 2. The summed E-state index contributed by atoms with van der Waals surface area (Å²) in [5, 5.41) is 14.2. The molecule has 6 nitrogen and oxygen atoms in total. The van der Waals surface area contributed by atoms with Crippen LogP contribution in [-0.2, 0) is 10.1 Å². The van der Waals surface area contributed by atoms with Crippen LogP contribution in [0.4, 0.5) is 11.4 Å². The van der Waals surface area contributed by atoms with Crippen molar-refractivity contribution in [3.8, 4) is 11.5 Å². The zero-order chi connectivity index (χ0) is 17.3. The zero-order valence-corrected chi connectivity index (χ0v) is 13.5. The maximum absolute atomic E-state index is 11.4. The Kier molecular flexibility index (Phi) is 4.04.